The van der Waals surface area contributed by atoms with Gasteiger partial charge in [-0.3, -0.25) is 4.79 Å². The van der Waals surface area contributed by atoms with Crippen molar-refractivity contribution >= 4 is 50.7 Å². The fraction of sp³-hybridized carbons (Fsp3) is 0.611. The molecule has 27 heavy (non-hydrogen) atoms. The minimum absolute atomic E-state index is 0.00940. The van der Waals surface area contributed by atoms with E-state index in [1.54, 1.807) is 0 Å². The smallest absolute Gasteiger partial charge is 0.244 e. The van der Waals surface area contributed by atoms with Gasteiger partial charge in [0.1, 0.15) is 4.90 Å². The minimum Gasteiger partial charge on any atom is -0.353 e. The van der Waals surface area contributed by atoms with Crippen LogP contribution >= 0.6 is 34.8 Å². The van der Waals surface area contributed by atoms with Gasteiger partial charge in [-0.1, -0.05) is 54.1 Å². The van der Waals surface area contributed by atoms with Crippen LogP contribution in [0.4, 0.5) is 0 Å². The molecule has 1 aromatic carbocycles. The molecule has 1 saturated carbocycles. The molecule has 0 aromatic heterocycles. The lowest BCUT2D eigenvalue weighted by Gasteiger charge is -2.33. The molecule has 5 nitrogen and oxygen atoms in total. The van der Waals surface area contributed by atoms with Crippen molar-refractivity contribution in [2.45, 2.75) is 55.9 Å². The predicted molar refractivity (Wildman–Crippen MR) is 108 cm³/mol. The van der Waals surface area contributed by atoms with Gasteiger partial charge in [0.15, 0.2) is 0 Å². The highest BCUT2D eigenvalue weighted by molar-refractivity contribution is 7.89. The summed E-state index contributed by atoms with van der Waals surface area (Å²) in [7, 11) is -3.76. The molecule has 0 spiro atoms. The molecule has 1 heterocycles. The van der Waals surface area contributed by atoms with E-state index in [0.29, 0.717) is 25.9 Å². The largest absolute Gasteiger partial charge is 0.353 e. The second kappa shape index (κ2) is 8.87. The second-order valence-electron chi connectivity index (χ2n) is 7.22. The summed E-state index contributed by atoms with van der Waals surface area (Å²) in [5, 5.41) is 3.52. The van der Waals surface area contributed by atoms with Crippen LogP contribution in [0.1, 0.15) is 44.9 Å². The molecule has 0 radical (unpaired) electrons. The van der Waals surface area contributed by atoms with Gasteiger partial charge in [0, 0.05) is 25.0 Å². The van der Waals surface area contributed by atoms with E-state index in [9.17, 15) is 13.2 Å². The monoisotopic (exact) mass is 452 g/mol. The van der Waals surface area contributed by atoms with Crippen LogP contribution in [-0.2, 0) is 14.8 Å². The summed E-state index contributed by atoms with van der Waals surface area (Å²) in [6.07, 6.45) is 6.49. The van der Waals surface area contributed by atoms with Crippen molar-refractivity contribution in [3.05, 3.63) is 27.2 Å². The zero-order valence-corrected chi connectivity index (χ0v) is 18.0. The molecule has 1 amide bonds. The van der Waals surface area contributed by atoms with Crippen LogP contribution < -0.4 is 5.32 Å². The number of sulfonamides is 1. The lowest BCUT2D eigenvalue weighted by molar-refractivity contribution is -0.126. The van der Waals surface area contributed by atoms with Crippen LogP contribution in [-0.4, -0.2) is 37.8 Å². The summed E-state index contributed by atoms with van der Waals surface area (Å²) in [5.41, 5.74) is 0. The van der Waals surface area contributed by atoms with Gasteiger partial charge in [-0.2, -0.15) is 4.31 Å². The van der Waals surface area contributed by atoms with Crippen molar-refractivity contribution in [3.8, 4) is 0 Å². The molecule has 1 aliphatic carbocycles. The van der Waals surface area contributed by atoms with E-state index in [1.165, 1.54) is 22.9 Å². The van der Waals surface area contributed by atoms with Crippen LogP contribution in [0.3, 0.4) is 0 Å². The third-order valence-electron chi connectivity index (χ3n) is 5.37. The number of piperidine rings is 1. The third-order valence-corrected chi connectivity index (χ3v) is 8.45. The lowest BCUT2D eigenvalue weighted by Crippen LogP contribution is -2.48. The van der Waals surface area contributed by atoms with Gasteiger partial charge in [0.05, 0.1) is 15.1 Å². The van der Waals surface area contributed by atoms with Crippen LogP contribution in [0.2, 0.25) is 15.1 Å². The van der Waals surface area contributed by atoms with Crippen LogP contribution in [0.5, 0.6) is 0 Å². The Morgan fingerprint density at radius 3 is 2.15 bits per heavy atom. The molecule has 0 bridgehead atoms. The van der Waals surface area contributed by atoms with E-state index in [1.807, 2.05) is 0 Å². The first-order chi connectivity index (χ1) is 12.8. The molecule has 0 unspecified atom stereocenters. The Hall–Kier alpha value is -0.530. The number of hydrogen-bond acceptors (Lipinski definition) is 3. The molecule has 1 aromatic rings. The summed E-state index contributed by atoms with van der Waals surface area (Å²) in [6, 6.07) is 2.64. The number of carbonyl (C=O) groups is 1. The molecule has 2 fully saturated rings. The van der Waals surface area contributed by atoms with Gasteiger partial charge in [0.25, 0.3) is 0 Å². The molecule has 1 aliphatic heterocycles. The Balaban J connectivity index is 1.61. The molecular formula is C18H23Cl3N2O3S. The van der Waals surface area contributed by atoms with E-state index in [2.05, 4.69) is 5.32 Å². The average molecular weight is 454 g/mol. The number of nitrogens with zero attached hydrogens (tertiary/aromatic N) is 1. The third kappa shape index (κ3) is 4.91. The quantitative estimate of drug-likeness (QED) is 0.683. The van der Waals surface area contributed by atoms with E-state index >= 15 is 0 Å². The predicted octanol–water partition coefficient (Wildman–Crippen LogP) is 4.50. The maximum Gasteiger partial charge on any atom is 0.244 e. The van der Waals surface area contributed by atoms with E-state index in [4.69, 9.17) is 34.8 Å². The Bertz CT molecular complexity index is 802. The molecule has 2 aliphatic rings. The number of hydrogen-bond donors (Lipinski definition) is 1. The van der Waals surface area contributed by atoms with Crippen LogP contribution in [0.25, 0.3) is 0 Å². The number of halogens is 3. The topological polar surface area (TPSA) is 66.5 Å². The Kier molecular flexibility index (Phi) is 6.96. The molecule has 0 atom stereocenters. The van der Waals surface area contributed by atoms with Gasteiger partial charge >= 0.3 is 0 Å². The first kappa shape index (κ1) is 21.2. The van der Waals surface area contributed by atoms with Gasteiger partial charge in [-0.15, -0.1) is 0 Å². The van der Waals surface area contributed by atoms with Crippen LogP contribution in [0.15, 0.2) is 17.0 Å². The molecule has 150 valence electrons. The summed E-state index contributed by atoms with van der Waals surface area (Å²) in [4.78, 5) is 12.4. The van der Waals surface area contributed by atoms with Crippen molar-refractivity contribution in [2.24, 2.45) is 5.92 Å². The average Bonchev–Trinajstić information content (AvgIpc) is 2.65. The molecule has 9 heteroatoms. The Labute approximate surface area is 175 Å². The van der Waals surface area contributed by atoms with Gasteiger partial charge in [-0.25, -0.2) is 8.42 Å². The standard InChI is InChI=1S/C18H23Cl3N2O3S/c19-14-10-16(21)17(11-15(14)20)27(25,26)23-8-6-13(7-9-23)22-18(24)12-4-2-1-3-5-12/h10-13H,1-9H2,(H,22,24). The highest BCUT2D eigenvalue weighted by Crippen LogP contribution is 2.34. The Morgan fingerprint density at radius 1 is 0.926 bits per heavy atom. The van der Waals surface area contributed by atoms with Crippen molar-refractivity contribution < 1.29 is 13.2 Å². The van der Waals surface area contributed by atoms with E-state index < -0.39 is 10.0 Å². The van der Waals surface area contributed by atoms with Gasteiger partial charge in [0.2, 0.25) is 15.9 Å². The zero-order valence-electron chi connectivity index (χ0n) is 14.9. The number of nitrogens with one attached hydrogen (secondary N) is 1. The van der Waals surface area contributed by atoms with Gasteiger partial charge in [-0.05, 0) is 37.8 Å². The number of benzene rings is 1. The maximum atomic E-state index is 12.9. The first-order valence-electron chi connectivity index (χ1n) is 9.24. The summed E-state index contributed by atoms with van der Waals surface area (Å²) < 4.78 is 27.2. The number of rotatable bonds is 4. The van der Waals surface area contributed by atoms with E-state index in [-0.39, 0.29) is 37.8 Å². The molecule has 1 saturated heterocycles. The van der Waals surface area contributed by atoms with Crippen molar-refractivity contribution in [2.75, 3.05) is 13.1 Å². The second-order valence-corrected chi connectivity index (χ2v) is 10.3. The summed E-state index contributed by atoms with van der Waals surface area (Å²) >= 11 is 17.9. The van der Waals surface area contributed by atoms with E-state index in [0.717, 1.165) is 25.7 Å². The van der Waals surface area contributed by atoms with Crippen molar-refractivity contribution in [1.29, 1.82) is 0 Å². The summed E-state index contributed by atoms with van der Waals surface area (Å²) in [5.74, 6) is 0.221. The lowest BCUT2D eigenvalue weighted by atomic mass is 9.88. The molecular weight excluding hydrogens is 431 g/mol. The summed E-state index contributed by atoms with van der Waals surface area (Å²) in [6.45, 7) is 0.656. The van der Waals surface area contributed by atoms with Crippen molar-refractivity contribution in [1.82, 2.24) is 9.62 Å². The number of carbonyl (C=O) groups excluding carboxylic acids is 1. The minimum atomic E-state index is -3.76. The zero-order chi connectivity index (χ0) is 19.6. The highest BCUT2D eigenvalue weighted by Gasteiger charge is 2.32. The molecule has 1 N–H and O–H groups in total. The highest BCUT2D eigenvalue weighted by atomic mass is 35.5. The fourth-order valence-electron chi connectivity index (χ4n) is 3.77. The molecule has 3 rings (SSSR count). The van der Waals surface area contributed by atoms with Crippen LogP contribution in [0, 0.1) is 5.92 Å². The fourth-order valence-corrected chi connectivity index (χ4v) is 6.21. The van der Waals surface area contributed by atoms with Gasteiger partial charge < -0.3 is 5.32 Å². The first-order valence-corrected chi connectivity index (χ1v) is 11.8. The SMILES string of the molecule is O=C(NC1CCN(S(=O)(=O)c2cc(Cl)c(Cl)cc2Cl)CC1)C1CCCCC1. The normalized spacial score (nSPS) is 20.6. The Morgan fingerprint density at radius 2 is 1.52 bits per heavy atom. The maximum absolute atomic E-state index is 12.9. The number of amides is 1. The van der Waals surface area contributed by atoms with Crippen molar-refractivity contribution in [3.63, 3.8) is 0 Å².